The fraction of sp³-hybridized carbons (Fsp3) is 0.133. The third-order valence-corrected chi connectivity index (χ3v) is 2.62. The summed E-state index contributed by atoms with van der Waals surface area (Å²) in [4.78, 5) is 4.49. The molecule has 0 fully saturated rings. The molecule has 0 spiro atoms. The Morgan fingerprint density at radius 2 is 1.65 bits per heavy atom. The van der Waals surface area contributed by atoms with Gasteiger partial charge in [0.15, 0.2) is 0 Å². The first-order chi connectivity index (χ1) is 8.25. The molecule has 0 aromatic heterocycles. The maximum atomic E-state index is 9.17. The van der Waals surface area contributed by atoms with E-state index in [0.717, 1.165) is 5.56 Å². The van der Waals surface area contributed by atoms with Crippen LogP contribution in [0.1, 0.15) is 24.1 Å². The highest BCUT2D eigenvalue weighted by atomic mass is 16.3. The number of phenols is 1. The summed E-state index contributed by atoms with van der Waals surface area (Å²) in [5.41, 5.74) is 2.19. The van der Waals surface area contributed by atoms with Crippen molar-refractivity contribution in [3.8, 4) is 5.75 Å². The monoisotopic (exact) mass is 225 g/mol. The molecular formula is C15H15NO. The van der Waals surface area contributed by atoms with Crippen molar-refractivity contribution in [1.82, 2.24) is 0 Å². The van der Waals surface area contributed by atoms with Gasteiger partial charge in [-0.25, -0.2) is 0 Å². The van der Waals surface area contributed by atoms with Gasteiger partial charge in [-0.2, -0.15) is 0 Å². The number of benzene rings is 2. The number of aliphatic imine (C=N–C) groups is 1. The molecule has 1 atom stereocenters. The van der Waals surface area contributed by atoms with Crippen LogP contribution in [0.25, 0.3) is 0 Å². The zero-order valence-electron chi connectivity index (χ0n) is 9.75. The first-order valence-electron chi connectivity index (χ1n) is 5.63. The largest absolute Gasteiger partial charge is 0.508 e. The Labute approximate surface area is 101 Å². The van der Waals surface area contributed by atoms with Gasteiger partial charge >= 0.3 is 0 Å². The molecule has 0 aliphatic carbocycles. The van der Waals surface area contributed by atoms with Crippen LogP contribution in [0.5, 0.6) is 5.75 Å². The molecule has 2 nitrogen and oxygen atoms in total. The van der Waals surface area contributed by atoms with Crippen LogP contribution in [0.15, 0.2) is 59.6 Å². The van der Waals surface area contributed by atoms with Gasteiger partial charge in [-0.3, -0.25) is 4.99 Å². The number of hydrogen-bond acceptors (Lipinski definition) is 2. The van der Waals surface area contributed by atoms with E-state index in [1.807, 2.05) is 36.5 Å². The number of rotatable bonds is 3. The van der Waals surface area contributed by atoms with Crippen molar-refractivity contribution in [2.75, 3.05) is 0 Å². The van der Waals surface area contributed by atoms with Gasteiger partial charge in [-0.15, -0.1) is 0 Å². The van der Waals surface area contributed by atoms with E-state index in [1.165, 1.54) is 5.56 Å². The highest BCUT2D eigenvalue weighted by molar-refractivity contribution is 5.79. The van der Waals surface area contributed by atoms with Crippen LogP contribution in [0, 0.1) is 0 Å². The fourth-order valence-electron chi connectivity index (χ4n) is 1.58. The van der Waals surface area contributed by atoms with Crippen LogP contribution in [-0.2, 0) is 0 Å². The maximum absolute atomic E-state index is 9.17. The first-order valence-corrected chi connectivity index (χ1v) is 5.63. The molecule has 0 saturated carbocycles. The Bertz CT molecular complexity index is 488. The van der Waals surface area contributed by atoms with Gasteiger partial charge in [0.1, 0.15) is 5.75 Å². The quantitative estimate of drug-likeness (QED) is 0.796. The van der Waals surface area contributed by atoms with Crippen LogP contribution >= 0.6 is 0 Å². The lowest BCUT2D eigenvalue weighted by Gasteiger charge is -2.05. The van der Waals surface area contributed by atoms with Crippen molar-refractivity contribution in [2.24, 2.45) is 4.99 Å². The standard InChI is InChI=1S/C15H15NO/c1-12(14-5-3-2-4-6-14)16-11-13-7-9-15(17)10-8-13/h2-12,17H,1H3/b16-11+. The topological polar surface area (TPSA) is 32.6 Å². The molecule has 2 heteroatoms. The lowest BCUT2D eigenvalue weighted by Crippen LogP contribution is -1.90. The van der Waals surface area contributed by atoms with Gasteiger partial charge in [0.05, 0.1) is 6.04 Å². The molecule has 2 aromatic rings. The molecule has 0 amide bonds. The molecule has 1 N–H and O–H groups in total. The molecule has 0 bridgehead atoms. The summed E-state index contributed by atoms with van der Waals surface area (Å²) in [6, 6.07) is 17.3. The number of hydrogen-bond donors (Lipinski definition) is 1. The molecule has 17 heavy (non-hydrogen) atoms. The summed E-state index contributed by atoms with van der Waals surface area (Å²) in [5.74, 6) is 0.276. The van der Waals surface area contributed by atoms with Crippen molar-refractivity contribution in [3.05, 3.63) is 65.7 Å². The molecule has 86 valence electrons. The normalized spacial score (nSPS) is 12.8. The van der Waals surface area contributed by atoms with E-state index in [2.05, 4.69) is 24.0 Å². The lowest BCUT2D eigenvalue weighted by atomic mass is 10.1. The van der Waals surface area contributed by atoms with Crippen molar-refractivity contribution < 1.29 is 5.11 Å². The van der Waals surface area contributed by atoms with Crippen LogP contribution in [-0.4, -0.2) is 11.3 Å². The maximum Gasteiger partial charge on any atom is 0.115 e. The predicted molar refractivity (Wildman–Crippen MR) is 70.6 cm³/mol. The zero-order chi connectivity index (χ0) is 12.1. The van der Waals surface area contributed by atoms with Gasteiger partial charge in [0.2, 0.25) is 0 Å². The second-order valence-corrected chi connectivity index (χ2v) is 3.96. The molecule has 2 aromatic carbocycles. The minimum Gasteiger partial charge on any atom is -0.508 e. The van der Waals surface area contributed by atoms with Gasteiger partial charge < -0.3 is 5.11 Å². The van der Waals surface area contributed by atoms with Crippen LogP contribution < -0.4 is 0 Å². The summed E-state index contributed by atoms with van der Waals surface area (Å²) in [7, 11) is 0. The smallest absolute Gasteiger partial charge is 0.115 e. The summed E-state index contributed by atoms with van der Waals surface area (Å²) in [6.45, 7) is 2.06. The van der Waals surface area contributed by atoms with Gasteiger partial charge in [-0.05, 0) is 42.3 Å². The average Bonchev–Trinajstić information content (AvgIpc) is 2.39. The third kappa shape index (κ3) is 3.18. The minimum atomic E-state index is 0.144. The van der Waals surface area contributed by atoms with E-state index in [1.54, 1.807) is 12.1 Å². The molecule has 0 radical (unpaired) electrons. The zero-order valence-corrected chi connectivity index (χ0v) is 9.75. The highest BCUT2D eigenvalue weighted by Gasteiger charge is 2.00. The molecule has 0 aliphatic rings. The Kier molecular flexibility index (Phi) is 3.55. The number of aromatic hydroxyl groups is 1. The number of nitrogens with zero attached hydrogens (tertiary/aromatic N) is 1. The summed E-state index contributed by atoms with van der Waals surface area (Å²) in [6.07, 6.45) is 1.83. The molecule has 0 aliphatic heterocycles. The summed E-state index contributed by atoms with van der Waals surface area (Å²) < 4.78 is 0. The van der Waals surface area contributed by atoms with Crippen molar-refractivity contribution in [2.45, 2.75) is 13.0 Å². The summed E-state index contributed by atoms with van der Waals surface area (Å²) >= 11 is 0. The van der Waals surface area contributed by atoms with Crippen LogP contribution in [0.3, 0.4) is 0 Å². The number of phenolic OH excluding ortho intramolecular Hbond substituents is 1. The van der Waals surface area contributed by atoms with Crippen LogP contribution in [0.2, 0.25) is 0 Å². The average molecular weight is 225 g/mol. The Balaban J connectivity index is 2.08. The minimum absolute atomic E-state index is 0.144. The Morgan fingerprint density at radius 3 is 2.29 bits per heavy atom. The fourth-order valence-corrected chi connectivity index (χ4v) is 1.58. The van der Waals surface area contributed by atoms with Crippen molar-refractivity contribution >= 4 is 6.21 Å². The molecule has 1 unspecified atom stereocenters. The molecule has 0 heterocycles. The third-order valence-electron chi connectivity index (χ3n) is 2.62. The van der Waals surface area contributed by atoms with E-state index >= 15 is 0 Å². The van der Waals surface area contributed by atoms with E-state index in [0.29, 0.717) is 0 Å². The van der Waals surface area contributed by atoms with Gasteiger partial charge in [0.25, 0.3) is 0 Å². The highest BCUT2D eigenvalue weighted by Crippen LogP contribution is 2.16. The molecule has 0 saturated heterocycles. The second-order valence-electron chi connectivity index (χ2n) is 3.96. The van der Waals surface area contributed by atoms with Crippen molar-refractivity contribution in [3.63, 3.8) is 0 Å². The summed E-state index contributed by atoms with van der Waals surface area (Å²) in [5, 5.41) is 9.17. The van der Waals surface area contributed by atoms with E-state index < -0.39 is 0 Å². The Morgan fingerprint density at radius 1 is 1.00 bits per heavy atom. The molecule has 2 rings (SSSR count). The van der Waals surface area contributed by atoms with Crippen molar-refractivity contribution in [1.29, 1.82) is 0 Å². The lowest BCUT2D eigenvalue weighted by molar-refractivity contribution is 0.475. The molecular weight excluding hydrogens is 210 g/mol. The first kappa shape index (κ1) is 11.4. The van der Waals surface area contributed by atoms with E-state index in [-0.39, 0.29) is 11.8 Å². The van der Waals surface area contributed by atoms with E-state index in [9.17, 15) is 0 Å². The Hall–Kier alpha value is -2.09. The second kappa shape index (κ2) is 5.30. The SMILES string of the molecule is CC(/N=C/c1ccc(O)cc1)c1ccccc1. The van der Waals surface area contributed by atoms with Gasteiger partial charge in [-0.1, -0.05) is 30.3 Å². The predicted octanol–water partition coefficient (Wildman–Crippen LogP) is 3.57. The van der Waals surface area contributed by atoms with Gasteiger partial charge in [0, 0.05) is 6.21 Å². The van der Waals surface area contributed by atoms with E-state index in [4.69, 9.17) is 5.11 Å². The van der Waals surface area contributed by atoms with Crippen LogP contribution in [0.4, 0.5) is 0 Å².